The van der Waals surface area contributed by atoms with Crippen LogP contribution in [0.5, 0.6) is 0 Å². The van der Waals surface area contributed by atoms with Gasteiger partial charge in [0.25, 0.3) is 0 Å². The lowest BCUT2D eigenvalue weighted by Gasteiger charge is -2.13. The average Bonchev–Trinajstić information content (AvgIpc) is 2.31. The van der Waals surface area contributed by atoms with Crippen molar-refractivity contribution in [1.82, 2.24) is 0 Å². The average molecular weight is 307 g/mol. The zero-order valence-corrected chi connectivity index (χ0v) is 10.8. The van der Waals surface area contributed by atoms with Gasteiger partial charge in [0, 0.05) is 21.7 Å². The van der Waals surface area contributed by atoms with E-state index < -0.39 is 29.1 Å². The molecule has 0 bridgehead atoms. The van der Waals surface area contributed by atoms with Gasteiger partial charge in [-0.05, 0) is 29.8 Å². The largest absolute Gasteiger partial charge is 0.384 e. The summed E-state index contributed by atoms with van der Waals surface area (Å²) in [4.78, 5) is 0. The monoisotopic (exact) mass is 306 g/mol. The Morgan fingerprint density at radius 3 is 1.89 bits per heavy atom. The van der Waals surface area contributed by atoms with Crippen molar-refractivity contribution >= 4 is 23.2 Å². The molecule has 1 nitrogen and oxygen atoms in total. The molecular weight excluding hydrogens is 300 g/mol. The van der Waals surface area contributed by atoms with E-state index in [1.54, 1.807) is 0 Å². The molecule has 0 saturated heterocycles. The maximum Gasteiger partial charge on any atom is 0.161 e. The number of hydrogen-bond acceptors (Lipinski definition) is 1. The minimum absolute atomic E-state index is 0.183. The SMILES string of the molecule is OC(c1cc(Cl)cc(Cl)c1)c1cc(F)c(F)cc1F. The van der Waals surface area contributed by atoms with Crippen LogP contribution < -0.4 is 0 Å². The van der Waals surface area contributed by atoms with E-state index in [2.05, 4.69) is 0 Å². The van der Waals surface area contributed by atoms with Gasteiger partial charge in [-0.15, -0.1) is 0 Å². The van der Waals surface area contributed by atoms with E-state index in [0.29, 0.717) is 12.1 Å². The molecule has 0 heterocycles. The van der Waals surface area contributed by atoms with Crippen LogP contribution in [0.1, 0.15) is 17.2 Å². The van der Waals surface area contributed by atoms with Gasteiger partial charge < -0.3 is 5.11 Å². The van der Waals surface area contributed by atoms with Crippen LogP contribution in [0.25, 0.3) is 0 Å². The lowest BCUT2D eigenvalue weighted by Crippen LogP contribution is -2.04. The summed E-state index contributed by atoms with van der Waals surface area (Å²) in [5.41, 5.74) is -0.209. The topological polar surface area (TPSA) is 20.2 Å². The Balaban J connectivity index is 2.49. The first-order valence-corrected chi connectivity index (χ1v) is 5.92. The van der Waals surface area contributed by atoms with Gasteiger partial charge in [0.2, 0.25) is 0 Å². The number of aliphatic hydroxyl groups excluding tert-OH is 1. The van der Waals surface area contributed by atoms with Crippen LogP contribution in [-0.2, 0) is 0 Å². The van der Waals surface area contributed by atoms with Crippen LogP contribution in [0.4, 0.5) is 13.2 Å². The maximum atomic E-state index is 13.5. The van der Waals surface area contributed by atoms with Gasteiger partial charge in [-0.1, -0.05) is 23.2 Å². The summed E-state index contributed by atoms with van der Waals surface area (Å²) in [6.45, 7) is 0. The standard InChI is InChI=1S/C13H7Cl2F3O/c14-7-1-6(2-8(15)3-7)13(19)9-4-11(17)12(18)5-10(9)16/h1-5,13,19H. The predicted molar refractivity (Wildman–Crippen MR) is 66.8 cm³/mol. The van der Waals surface area contributed by atoms with Gasteiger partial charge in [-0.3, -0.25) is 0 Å². The molecule has 1 N–H and O–H groups in total. The number of hydrogen-bond donors (Lipinski definition) is 1. The van der Waals surface area contributed by atoms with Crippen LogP contribution in [-0.4, -0.2) is 5.11 Å². The summed E-state index contributed by atoms with van der Waals surface area (Å²) in [6, 6.07) is 5.13. The molecule has 1 unspecified atom stereocenters. The van der Waals surface area contributed by atoms with Crippen LogP contribution >= 0.6 is 23.2 Å². The number of aliphatic hydroxyl groups is 1. The predicted octanol–water partition coefficient (Wildman–Crippen LogP) is 4.49. The van der Waals surface area contributed by atoms with E-state index in [-0.39, 0.29) is 15.6 Å². The fraction of sp³-hybridized carbons (Fsp3) is 0.0769. The third-order valence-electron chi connectivity index (χ3n) is 2.53. The summed E-state index contributed by atoms with van der Waals surface area (Å²) in [7, 11) is 0. The summed E-state index contributed by atoms with van der Waals surface area (Å²) >= 11 is 11.5. The molecule has 0 aliphatic heterocycles. The van der Waals surface area contributed by atoms with E-state index in [1.807, 2.05) is 0 Å². The van der Waals surface area contributed by atoms with Crippen molar-refractivity contribution in [2.24, 2.45) is 0 Å². The van der Waals surface area contributed by atoms with Gasteiger partial charge >= 0.3 is 0 Å². The van der Waals surface area contributed by atoms with Crippen molar-refractivity contribution in [3.63, 3.8) is 0 Å². The van der Waals surface area contributed by atoms with Crippen LogP contribution in [0.2, 0.25) is 10.0 Å². The fourth-order valence-electron chi connectivity index (χ4n) is 1.66. The minimum Gasteiger partial charge on any atom is -0.384 e. The van der Waals surface area contributed by atoms with Gasteiger partial charge in [0.15, 0.2) is 11.6 Å². The van der Waals surface area contributed by atoms with Crippen molar-refractivity contribution in [3.8, 4) is 0 Å². The molecule has 19 heavy (non-hydrogen) atoms. The Morgan fingerprint density at radius 1 is 0.789 bits per heavy atom. The quantitative estimate of drug-likeness (QED) is 0.810. The van der Waals surface area contributed by atoms with Crippen molar-refractivity contribution in [1.29, 1.82) is 0 Å². The Morgan fingerprint density at radius 2 is 1.32 bits per heavy atom. The highest BCUT2D eigenvalue weighted by Crippen LogP contribution is 2.30. The van der Waals surface area contributed by atoms with Crippen molar-refractivity contribution in [2.75, 3.05) is 0 Å². The van der Waals surface area contributed by atoms with E-state index in [0.717, 1.165) is 0 Å². The molecule has 0 aliphatic rings. The van der Waals surface area contributed by atoms with E-state index >= 15 is 0 Å². The van der Waals surface area contributed by atoms with Gasteiger partial charge in [0.05, 0.1) is 0 Å². The van der Waals surface area contributed by atoms with Crippen LogP contribution in [0.3, 0.4) is 0 Å². The molecular formula is C13H7Cl2F3O. The zero-order valence-electron chi connectivity index (χ0n) is 9.30. The lowest BCUT2D eigenvalue weighted by atomic mass is 10.0. The van der Waals surface area contributed by atoms with Crippen LogP contribution in [0.15, 0.2) is 30.3 Å². The summed E-state index contributed by atoms with van der Waals surface area (Å²) in [5, 5.41) is 10.5. The highest BCUT2D eigenvalue weighted by atomic mass is 35.5. The van der Waals surface area contributed by atoms with E-state index in [1.165, 1.54) is 18.2 Å². The van der Waals surface area contributed by atoms with Crippen molar-refractivity contribution in [3.05, 3.63) is 69.0 Å². The molecule has 2 aromatic rings. The molecule has 100 valence electrons. The number of benzene rings is 2. The third-order valence-corrected chi connectivity index (χ3v) is 2.97. The van der Waals surface area contributed by atoms with E-state index in [4.69, 9.17) is 23.2 Å². The zero-order chi connectivity index (χ0) is 14.2. The molecule has 2 rings (SSSR count). The van der Waals surface area contributed by atoms with Gasteiger partial charge in [-0.2, -0.15) is 0 Å². The smallest absolute Gasteiger partial charge is 0.161 e. The van der Waals surface area contributed by atoms with Crippen LogP contribution in [0, 0.1) is 17.5 Å². The minimum atomic E-state index is -1.49. The van der Waals surface area contributed by atoms with Crippen molar-refractivity contribution in [2.45, 2.75) is 6.10 Å². The second-order valence-corrected chi connectivity index (χ2v) is 4.77. The summed E-state index contributed by atoms with van der Waals surface area (Å²) in [5.74, 6) is -3.62. The number of rotatable bonds is 2. The Kier molecular flexibility index (Phi) is 4.04. The second kappa shape index (κ2) is 5.41. The number of halogens is 5. The normalized spacial score (nSPS) is 12.5. The molecule has 1 atom stereocenters. The summed E-state index contributed by atoms with van der Waals surface area (Å²) < 4.78 is 39.4. The molecule has 2 aromatic carbocycles. The molecule has 0 fully saturated rings. The van der Waals surface area contributed by atoms with Crippen molar-refractivity contribution < 1.29 is 18.3 Å². The van der Waals surface area contributed by atoms with Gasteiger partial charge in [-0.25, -0.2) is 13.2 Å². The first kappa shape index (κ1) is 14.2. The van der Waals surface area contributed by atoms with E-state index in [9.17, 15) is 18.3 Å². The third kappa shape index (κ3) is 3.03. The molecule has 0 amide bonds. The fourth-order valence-corrected chi connectivity index (χ4v) is 2.20. The molecule has 0 spiro atoms. The Labute approximate surface area is 117 Å². The lowest BCUT2D eigenvalue weighted by molar-refractivity contribution is 0.214. The second-order valence-electron chi connectivity index (χ2n) is 3.89. The Bertz CT molecular complexity index is 611. The molecule has 0 aromatic heterocycles. The molecule has 0 radical (unpaired) electrons. The molecule has 6 heteroatoms. The first-order chi connectivity index (χ1) is 8.88. The Hall–Kier alpha value is -1.23. The highest BCUT2D eigenvalue weighted by molar-refractivity contribution is 6.34. The molecule has 0 saturated carbocycles. The maximum absolute atomic E-state index is 13.5. The molecule has 0 aliphatic carbocycles. The highest BCUT2D eigenvalue weighted by Gasteiger charge is 2.19. The first-order valence-electron chi connectivity index (χ1n) is 5.17. The summed E-state index contributed by atoms with van der Waals surface area (Å²) in [6.07, 6.45) is -1.49. The van der Waals surface area contributed by atoms with Gasteiger partial charge in [0.1, 0.15) is 11.9 Å².